The number of aliphatic hydroxyl groups is 1. The smallest absolute Gasteiger partial charge is 0.405 e. The van der Waals surface area contributed by atoms with Gasteiger partial charge in [0.15, 0.2) is 0 Å². The van der Waals surface area contributed by atoms with Crippen LogP contribution in [0.2, 0.25) is 0 Å². The zero-order valence-electron chi connectivity index (χ0n) is 7.71. The molecule has 0 saturated heterocycles. The van der Waals surface area contributed by atoms with Crippen LogP contribution in [0.1, 0.15) is 11.7 Å². The van der Waals surface area contributed by atoms with Crippen molar-refractivity contribution < 1.29 is 31.8 Å². The third-order valence-electron chi connectivity index (χ3n) is 1.70. The molecule has 1 unspecified atom stereocenters. The Labute approximate surface area is 87.3 Å². The molecule has 1 aromatic rings. The van der Waals surface area contributed by atoms with Crippen molar-refractivity contribution in [3.8, 4) is 5.75 Å². The predicted octanol–water partition coefficient (Wildman–Crippen LogP) is 2.88. The first-order chi connectivity index (χ1) is 7.31. The summed E-state index contributed by atoms with van der Waals surface area (Å²) in [6.07, 6.45) is -10.5. The van der Waals surface area contributed by atoms with Gasteiger partial charge in [0.2, 0.25) is 0 Å². The second-order valence-corrected chi connectivity index (χ2v) is 2.86. The normalized spacial score (nSPS) is 13.9. The van der Waals surface area contributed by atoms with E-state index in [1.165, 1.54) is 12.1 Å². The number of halogens is 5. The second kappa shape index (κ2) is 4.65. The van der Waals surface area contributed by atoms with Crippen LogP contribution in [0.5, 0.6) is 5.75 Å². The van der Waals surface area contributed by atoms with Crippen LogP contribution in [0.4, 0.5) is 22.0 Å². The number of aliphatic hydroxyl groups excluding tert-OH is 1. The Morgan fingerprint density at radius 1 is 1.12 bits per heavy atom. The van der Waals surface area contributed by atoms with Crippen LogP contribution in [-0.2, 0) is 0 Å². The third kappa shape index (κ3) is 3.34. The number of benzene rings is 1. The topological polar surface area (TPSA) is 29.5 Å². The molecule has 0 bridgehead atoms. The minimum Gasteiger partial charge on any atom is -0.405 e. The molecule has 0 aliphatic carbocycles. The molecule has 1 aromatic carbocycles. The summed E-state index contributed by atoms with van der Waals surface area (Å²) in [6, 6.07) is 4.21. The average molecular weight is 242 g/mol. The minimum absolute atomic E-state index is 0.602. The van der Waals surface area contributed by atoms with E-state index in [-0.39, 0.29) is 0 Å². The molecule has 0 aromatic heterocycles. The van der Waals surface area contributed by atoms with Gasteiger partial charge in [-0.2, -0.15) is 0 Å². The maximum Gasteiger partial charge on any atom is 0.573 e. The first-order valence-electron chi connectivity index (χ1n) is 4.12. The molecule has 0 amide bonds. The summed E-state index contributed by atoms with van der Waals surface area (Å²) in [5, 5.41) is 8.98. The van der Waals surface area contributed by atoms with Gasteiger partial charge in [-0.1, -0.05) is 18.2 Å². The van der Waals surface area contributed by atoms with E-state index in [0.717, 1.165) is 12.1 Å². The molecule has 0 heterocycles. The number of rotatable bonds is 3. The summed E-state index contributed by atoms with van der Waals surface area (Å²) in [7, 11) is 0. The zero-order chi connectivity index (χ0) is 12.3. The fraction of sp³-hybridized carbons (Fsp3) is 0.333. The lowest BCUT2D eigenvalue weighted by Crippen LogP contribution is -2.19. The van der Waals surface area contributed by atoms with E-state index in [9.17, 15) is 22.0 Å². The van der Waals surface area contributed by atoms with Crippen LogP contribution in [-0.4, -0.2) is 17.9 Å². The zero-order valence-corrected chi connectivity index (χ0v) is 7.71. The van der Waals surface area contributed by atoms with E-state index in [4.69, 9.17) is 5.11 Å². The van der Waals surface area contributed by atoms with Gasteiger partial charge >= 0.3 is 6.36 Å². The summed E-state index contributed by atoms with van der Waals surface area (Å²) >= 11 is 0. The summed E-state index contributed by atoms with van der Waals surface area (Å²) in [5.74, 6) is -0.831. The quantitative estimate of drug-likeness (QED) is 0.826. The number of hydrogen-bond donors (Lipinski definition) is 1. The van der Waals surface area contributed by atoms with Crippen molar-refractivity contribution >= 4 is 0 Å². The summed E-state index contributed by atoms with van der Waals surface area (Å²) in [6.45, 7) is 0. The van der Waals surface area contributed by atoms with Crippen molar-refractivity contribution in [2.45, 2.75) is 18.9 Å². The summed E-state index contributed by atoms with van der Waals surface area (Å²) < 4.78 is 63.5. The van der Waals surface area contributed by atoms with E-state index in [2.05, 4.69) is 4.74 Å². The van der Waals surface area contributed by atoms with E-state index in [1.54, 1.807) is 0 Å². The Balaban J connectivity index is 3.01. The molecule has 0 aliphatic rings. The number of para-hydroxylation sites is 1. The Bertz CT molecular complexity index is 350. The van der Waals surface area contributed by atoms with Gasteiger partial charge in [0, 0.05) is 5.56 Å². The molecule has 90 valence electrons. The molecule has 0 aliphatic heterocycles. The van der Waals surface area contributed by atoms with Crippen LogP contribution in [0.15, 0.2) is 24.3 Å². The van der Waals surface area contributed by atoms with E-state index < -0.39 is 30.2 Å². The molecule has 2 nitrogen and oxygen atoms in total. The highest BCUT2D eigenvalue weighted by molar-refractivity contribution is 5.35. The van der Waals surface area contributed by atoms with E-state index >= 15 is 0 Å². The monoisotopic (exact) mass is 242 g/mol. The second-order valence-electron chi connectivity index (χ2n) is 2.86. The molecule has 0 saturated carbocycles. The van der Waals surface area contributed by atoms with Crippen molar-refractivity contribution in [1.29, 1.82) is 0 Å². The lowest BCUT2D eigenvalue weighted by atomic mass is 10.1. The van der Waals surface area contributed by atoms with Gasteiger partial charge in [0.05, 0.1) is 0 Å². The highest BCUT2D eigenvalue weighted by Crippen LogP contribution is 2.32. The molecule has 1 rings (SSSR count). The van der Waals surface area contributed by atoms with Crippen molar-refractivity contribution in [3.05, 3.63) is 29.8 Å². The molecular formula is C9H7F5O2. The third-order valence-corrected chi connectivity index (χ3v) is 1.70. The summed E-state index contributed by atoms with van der Waals surface area (Å²) in [4.78, 5) is 0. The Morgan fingerprint density at radius 2 is 1.69 bits per heavy atom. The van der Waals surface area contributed by atoms with Crippen LogP contribution >= 0.6 is 0 Å². The molecule has 0 spiro atoms. The van der Waals surface area contributed by atoms with Crippen LogP contribution in [0.3, 0.4) is 0 Å². The van der Waals surface area contributed by atoms with Crippen molar-refractivity contribution in [3.63, 3.8) is 0 Å². The maximum absolute atomic E-state index is 12.1. The molecular weight excluding hydrogens is 235 g/mol. The number of alkyl halides is 5. The predicted molar refractivity (Wildman–Crippen MR) is 44.1 cm³/mol. The molecule has 7 heteroatoms. The standard InChI is InChI=1S/C9H7F5O2/c10-8(11)7(15)5-3-1-2-4-6(5)16-9(12,13)14/h1-4,7-8,15H. The first kappa shape index (κ1) is 12.7. The van der Waals surface area contributed by atoms with Gasteiger partial charge in [0.1, 0.15) is 11.9 Å². The Kier molecular flexibility index (Phi) is 3.69. The first-order valence-corrected chi connectivity index (χ1v) is 4.12. The SMILES string of the molecule is OC(c1ccccc1OC(F)(F)F)C(F)F. The lowest BCUT2D eigenvalue weighted by Gasteiger charge is -2.16. The van der Waals surface area contributed by atoms with Gasteiger partial charge in [0.25, 0.3) is 6.43 Å². The van der Waals surface area contributed by atoms with Crippen molar-refractivity contribution in [2.24, 2.45) is 0 Å². The fourth-order valence-electron chi connectivity index (χ4n) is 1.08. The average Bonchev–Trinajstić information content (AvgIpc) is 2.15. The largest absolute Gasteiger partial charge is 0.573 e. The van der Waals surface area contributed by atoms with Gasteiger partial charge in [-0.15, -0.1) is 13.2 Å². The Morgan fingerprint density at radius 3 is 2.19 bits per heavy atom. The fourth-order valence-corrected chi connectivity index (χ4v) is 1.08. The van der Waals surface area contributed by atoms with E-state index in [0.29, 0.717) is 0 Å². The molecule has 1 atom stereocenters. The van der Waals surface area contributed by atoms with Crippen LogP contribution in [0.25, 0.3) is 0 Å². The maximum atomic E-state index is 12.1. The van der Waals surface area contributed by atoms with Gasteiger partial charge in [-0.3, -0.25) is 0 Å². The van der Waals surface area contributed by atoms with Gasteiger partial charge in [-0.25, -0.2) is 8.78 Å². The minimum atomic E-state index is -4.99. The molecule has 16 heavy (non-hydrogen) atoms. The molecule has 1 N–H and O–H groups in total. The van der Waals surface area contributed by atoms with Crippen molar-refractivity contribution in [1.82, 2.24) is 0 Å². The molecule has 0 radical (unpaired) electrons. The van der Waals surface area contributed by atoms with E-state index in [1.807, 2.05) is 0 Å². The van der Waals surface area contributed by atoms with Crippen LogP contribution in [0, 0.1) is 0 Å². The summed E-state index contributed by atoms with van der Waals surface area (Å²) in [5.41, 5.74) is -0.602. The number of ether oxygens (including phenoxy) is 1. The lowest BCUT2D eigenvalue weighted by molar-refractivity contribution is -0.275. The van der Waals surface area contributed by atoms with Crippen LogP contribution < -0.4 is 4.74 Å². The van der Waals surface area contributed by atoms with Crippen molar-refractivity contribution in [2.75, 3.05) is 0 Å². The Hall–Kier alpha value is -1.37. The number of hydrogen-bond acceptors (Lipinski definition) is 2. The highest BCUT2D eigenvalue weighted by Gasteiger charge is 2.33. The molecule has 0 fully saturated rings. The highest BCUT2D eigenvalue weighted by atomic mass is 19.4. The van der Waals surface area contributed by atoms with Gasteiger partial charge in [-0.05, 0) is 6.07 Å². The van der Waals surface area contributed by atoms with Gasteiger partial charge < -0.3 is 9.84 Å².